The largest absolute Gasteiger partial charge is 0.357 e. The van der Waals surface area contributed by atoms with Crippen molar-refractivity contribution < 1.29 is 12.8 Å². The molecule has 0 bridgehead atoms. The smallest absolute Gasteiger partial charge is 0.191 e. The van der Waals surface area contributed by atoms with Crippen molar-refractivity contribution in [3.63, 3.8) is 0 Å². The van der Waals surface area contributed by atoms with Crippen LogP contribution in [-0.2, 0) is 28.7 Å². The summed E-state index contributed by atoms with van der Waals surface area (Å²) in [5, 5.41) is 6.51. The van der Waals surface area contributed by atoms with Gasteiger partial charge in [-0.3, -0.25) is 4.90 Å². The highest BCUT2D eigenvalue weighted by Gasteiger charge is 2.12. The molecule has 2 rings (SSSR count). The van der Waals surface area contributed by atoms with Crippen molar-refractivity contribution in [3.8, 4) is 0 Å². The standard InChI is InChI=1S/C23H33FN4O2S/c1-5-25-23(26-14-18(2)28(3)16-19-9-7-6-8-10-19)27-15-21-13-22(24)12-11-20(21)17-31(4,29)30/h6-13,18H,5,14-17H2,1-4H3,(H2,25,26,27). The number of nitrogens with zero attached hydrogens (tertiary/aromatic N) is 2. The Hall–Kier alpha value is -2.45. The summed E-state index contributed by atoms with van der Waals surface area (Å²) in [7, 11) is -1.15. The number of hydrogen-bond acceptors (Lipinski definition) is 4. The number of benzene rings is 2. The first-order chi connectivity index (χ1) is 14.7. The molecule has 0 fully saturated rings. The molecule has 0 aromatic heterocycles. The van der Waals surface area contributed by atoms with E-state index in [1.165, 1.54) is 30.0 Å². The molecule has 8 heteroatoms. The Bertz CT molecular complexity index is 965. The van der Waals surface area contributed by atoms with E-state index in [2.05, 4.69) is 46.6 Å². The van der Waals surface area contributed by atoms with Crippen LogP contribution in [-0.4, -0.2) is 51.7 Å². The first-order valence-corrected chi connectivity index (χ1v) is 12.5. The van der Waals surface area contributed by atoms with E-state index in [0.717, 1.165) is 6.54 Å². The lowest BCUT2D eigenvalue weighted by Gasteiger charge is -2.26. The summed E-state index contributed by atoms with van der Waals surface area (Å²) in [6.45, 7) is 6.49. The van der Waals surface area contributed by atoms with Crippen molar-refractivity contribution >= 4 is 15.8 Å². The summed E-state index contributed by atoms with van der Waals surface area (Å²) in [6, 6.07) is 14.7. The topological polar surface area (TPSA) is 73.8 Å². The average molecular weight is 449 g/mol. The normalized spacial score (nSPS) is 13.3. The molecule has 0 spiro atoms. The molecule has 0 saturated carbocycles. The number of likely N-dealkylation sites (N-methyl/N-ethyl adjacent to an activating group) is 1. The van der Waals surface area contributed by atoms with Crippen LogP contribution in [0, 0.1) is 5.82 Å². The molecular weight excluding hydrogens is 415 g/mol. The Morgan fingerprint density at radius 2 is 1.84 bits per heavy atom. The van der Waals surface area contributed by atoms with Crippen LogP contribution in [0.2, 0.25) is 0 Å². The minimum atomic E-state index is -3.23. The molecule has 6 nitrogen and oxygen atoms in total. The fourth-order valence-corrected chi connectivity index (χ4v) is 3.94. The zero-order chi connectivity index (χ0) is 22.9. The zero-order valence-corrected chi connectivity index (χ0v) is 19.5. The van der Waals surface area contributed by atoms with Gasteiger partial charge in [0.05, 0.1) is 12.3 Å². The highest BCUT2D eigenvalue weighted by atomic mass is 32.2. The monoisotopic (exact) mass is 448 g/mol. The van der Waals surface area contributed by atoms with E-state index in [1.807, 2.05) is 25.1 Å². The molecule has 2 aromatic carbocycles. The number of nitrogens with one attached hydrogen (secondary N) is 2. The maximum absolute atomic E-state index is 13.7. The Morgan fingerprint density at radius 3 is 2.48 bits per heavy atom. The molecule has 0 heterocycles. The SMILES string of the molecule is CCNC(=NCc1cc(F)ccc1CS(C)(=O)=O)NCC(C)N(C)Cc1ccccc1. The van der Waals surface area contributed by atoms with Gasteiger partial charge < -0.3 is 10.6 Å². The lowest BCUT2D eigenvalue weighted by atomic mass is 10.1. The van der Waals surface area contributed by atoms with Gasteiger partial charge in [-0.15, -0.1) is 0 Å². The molecule has 0 saturated heterocycles. The van der Waals surface area contributed by atoms with E-state index in [9.17, 15) is 12.8 Å². The lowest BCUT2D eigenvalue weighted by Crippen LogP contribution is -2.44. The van der Waals surface area contributed by atoms with Crippen molar-refractivity contribution in [2.75, 3.05) is 26.4 Å². The third-order valence-electron chi connectivity index (χ3n) is 4.93. The number of hydrogen-bond donors (Lipinski definition) is 2. The van der Waals surface area contributed by atoms with E-state index >= 15 is 0 Å². The van der Waals surface area contributed by atoms with Gasteiger partial charge in [0, 0.05) is 31.9 Å². The Kier molecular flexibility index (Phi) is 9.45. The van der Waals surface area contributed by atoms with E-state index in [1.54, 1.807) is 0 Å². The summed E-state index contributed by atoms with van der Waals surface area (Å²) in [6.07, 6.45) is 1.17. The first kappa shape index (κ1) is 24.8. The van der Waals surface area contributed by atoms with Crippen molar-refractivity contribution in [2.24, 2.45) is 4.99 Å². The molecular formula is C23H33FN4O2S. The van der Waals surface area contributed by atoms with Crippen LogP contribution in [0.25, 0.3) is 0 Å². The molecule has 2 N–H and O–H groups in total. The Labute approximate surface area is 185 Å². The maximum atomic E-state index is 13.7. The highest BCUT2D eigenvalue weighted by Crippen LogP contribution is 2.15. The zero-order valence-electron chi connectivity index (χ0n) is 18.7. The molecule has 1 atom stereocenters. The summed E-state index contributed by atoms with van der Waals surface area (Å²) >= 11 is 0. The molecule has 0 aliphatic heterocycles. The minimum Gasteiger partial charge on any atom is -0.357 e. The molecule has 0 aliphatic carbocycles. The van der Waals surface area contributed by atoms with Crippen LogP contribution >= 0.6 is 0 Å². The summed E-state index contributed by atoms with van der Waals surface area (Å²) in [5.41, 5.74) is 2.39. The quantitative estimate of drug-likeness (QED) is 0.432. The molecule has 2 aromatic rings. The second-order valence-corrected chi connectivity index (χ2v) is 9.95. The average Bonchev–Trinajstić information content (AvgIpc) is 2.71. The van der Waals surface area contributed by atoms with Gasteiger partial charge in [-0.25, -0.2) is 17.8 Å². The summed E-state index contributed by atoms with van der Waals surface area (Å²) in [4.78, 5) is 6.80. The van der Waals surface area contributed by atoms with Gasteiger partial charge >= 0.3 is 0 Å². The third kappa shape index (κ3) is 9.06. The van der Waals surface area contributed by atoms with Gasteiger partial charge in [0.15, 0.2) is 15.8 Å². The van der Waals surface area contributed by atoms with Crippen LogP contribution in [0.5, 0.6) is 0 Å². The van der Waals surface area contributed by atoms with Crippen LogP contribution in [0.4, 0.5) is 4.39 Å². The van der Waals surface area contributed by atoms with Crippen molar-refractivity contribution in [1.82, 2.24) is 15.5 Å². The number of aliphatic imine (C=N–C) groups is 1. The fourth-order valence-electron chi connectivity index (χ4n) is 3.10. The number of rotatable bonds is 10. The van der Waals surface area contributed by atoms with Gasteiger partial charge in [-0.1, -0.05) is 36.4 Å². The highest BCUT2D eigenvalue weighted by molar-refractivity contribution is 7.89. The molecule has 0 radical (unpaired) electrons. The molecule has 31 heavy (non-hydrogen) atoms. The maximum Gasteiger partial charge on any atom is 0.191 e. The fraction of sp³-hybridized carbons (Fsp3) is 0.435. The predicted molar refractivity (Wildman–Crippen MR) is 125 cm³/mol. The van der Waals surface area contributed by atoms with Gasteiger partial charge in [0.1, 0.15) is 5.82 Å². The Balaban J connectivity index is 2.02. The molecule has 1 unspecified atom stereocenters. The lowest BCUT2D eigenvalue weighted by molar-refractivity contribution is 0.249. The second kappa shape index (κ2) is 11.8. The Morgan fingerprint density at radius 1 is 1.13 bits per heavy atom. The molecule has 170 valence electrons. The third-order valence-corrected chi connectivity index (χ3v) is 5.77. The minimum absolute atomic E-state index is 0.135. The van der Waals surface area contributed by atoms with Crippen LogP contribution in [0.15, 0.2) is 53.5 Å². The van der Waals surface area contributed by atoms with E-state index < -0.39 is 15.7 Å². The number of sulfone groups is 1. The number of halogens is 1. The molecule has 0 amide bonds. The van der Waals surface area contributed by atoms with Crippen molar-refractivity contribution in [2.45, 2.75) is 38.7 Å². The van der Waals surface area contributed by atoms with Crippen molar-refractivity contribution in [3.05, 3.63) is 71.0 Å². The second-order valence-electron chi connectivity index (χ2n) is 7.81. The van der Waals surface area contributed by atoms with Crippen LogP contribution < -0.4 is 10.6 Å². The van der Waals surface area contributed by atoms with Gasteiger partial charge in [-0.2, -0.15) is 0 Å². The number of guanidine groups is 1. The first-order valence-electron chi connectivity index (χ1n) is 10.4. The summed E-state index contributed by atoms with van der Waals surface area (Å²) in [5.74, 6) is 0.0669. The predicted octanol–water partition coefficient (Wildman–Crippen LogP) is 2.95. The van der Waals surface area contributed by atoms with E-state index in [4.69, 9.17) is 0 Å². The van der Waals surface area contributed by atoms with Gasteiger partial charge in [-0.05, 0) is 49.7 Å². The van der Waals surface area contributed by atoms with Crippen molar-refractivity contribution in [1.29, 1.82) is 0 Å². The van der Waals surface area contributed by atoms with Crippen LogP contribution in [0.1, 0.15) is 30.5 Å². The van der Waals surface area contributed by atoms with Gasteiger partial charge in [0.2, 0.25) is 0 Å². The van der Waals surface area contributed by atoms with E-state index in [-0.39, 0.29) is 18.3 Å². The summed E-state index contributed by atoms with van der Waals surface area (Å²) < 4.78 is 37.1. The van der Waals surface area contributed by atoms with Crippen LogP contribution in [0.3, 0.4) is 0 Å². The molecule has 0 aliphatic rings. The van der Waals surface area contributed by atoms with Gasteiger partial charge in [0.25, 0.3) is 0 Å². The van der Waals surface area contributed by atoms with E-state index in [0.29, 0.717) is 30.2 Å².